The van der Waals surface area contributed by atoms with Gasteiger partial charge < -0.3 is 0 Å². The van der Waals surface area contributed by atoms with E-state index in [0.717, 1.165) is 16.8 Å². The molecule has 0 amide bonds. The second kappa shape index (κ2) is 8.09. The van der Waals surface area contributed by atoms with Crippen LogP contribution >= 0.6 is 0 Å². The molecule has 1 aromatic heterocycles. The monoisotopic (exact) mass is 413 g/mol. The van der Waals surface area contributed by atoms with Crippen LogP contribution in [0.15, 0.2) is 109 Å². The minimum absolute atomic E-state index is 0.155. The van der Waals surface area contributed by atoms with Gasteiger partial charge in [0.1, 0.15) is 0 Å². The number of rotatable bonds is 3. The molecule has 0 N–H and O–H groups in total. The minimum Gasteiger partial charge on any atom is -0.248 e. The van der Waals surface area contributed by atoms with E-state index in [0.29, 0.717) is 0 Å². The first-order valence-electron chi connectivity index (χ1n) is 11.2. The Hall–Kier alpha value is -3.71. The standard InChI is InChI=1S/C31H27N/c1-31(2,3)26-17-15-23(16-18-26)27-13-8-14-30-28(27)19-20-29(32-30)25-12-7-11-24(21-25)22-9-5-4-6-10-22/h4-21H,1-3H3. The molecule has 1 heteroatoms. The first-order chi connectivity index (χ1) is 15.5. The van der Waals surface area contributed by atoms with Crippen molar-refractivity contribution in [2.24, 2.45) is 0 Å². The smallest absolute Gasteiger partial charge is 0.0715 e. The van der Waals surface area contributed by atoms with Crippen molar-refractivity contribution in [3.8, 4) is 33.5 Å². The molecule has 5 rings (SSSR count). The Morgan fingerprint density at radius 2 is 1.22 bits per heavy atom. The lowest BCUT2D eigenvalue weighted by Crippen LogP contribution is -2.10. The molecule has 1 heterocycles. The Morgan fingerprint density at radius 3 is 1.97 bits per heavy atom. The summed E-state index contributed by atoms with van der Waals surface area (Å²) in [7, 11) is 0. The quantitative estimate of drug-likeness (QED) is 0.289. The first kappa shape index (κ1) is 20.2. The number of aromatic nitrogens is 1. The molecular formula is C31H27N. The van der Waals surface area contributed by atoms with E-state index in [4.69, 9.17) is 4.98 Å². The maximum absolute atomic E-state index is 5.02. The van der Waals surface area contributed by atoms with Crippen LogP contribution in [0.5, 0.6) is 0 Å². The molecule has 0 aliphatic heterocycles. The zero-order valence-electron chi connectivity index (χ0n) is 18.8. The van der Waals surface area contributed by atoms with E-state index in [1.807, 2.05) is 6.07 Å². The molecule has 0 bridgehead atoms. The zero-order valence-corrected chi connectivity index (χ0v) is 18.8. The van der Waals surface area contributed by atoms with E-state index >= 15 is 0 Å². The summed E-state index contributed by atoms with van der Waals surface area (Å²) in [5, 5.41) is 1.18. The van der Waals surface area contributed by atoms with Crippen LogP contribution in [-0.4, -0.2) is 4.98 Å². The van der Waals surface area contributed by atoms with Crippen molar-refractivity contribution in [1.29, 1.82) is 0 Å². The van der Waals surface area contributed by atoms with Gasteiger partial charge in [0.25, 0.3) is 0 Å². The van der Waals surface area contributed by atoms with Crippen molar-refractivity contribution in [3.63, 3.8) is 0 Å². The average Bonchev–Trinajstić information content (AvgIpc) is 2.83. The van der Waals surface area contributed by atoms with Gasteiger partial charge in [-0.05, 0) is 51.4 Å². The highest BCUT2D eigenvalue weighted by molar-refractivity contribution is 5.95. The van der Waals surface area contributed by atoms with E-state index in [9.17, 15) is 0 Å². The Balaban J connectivity index is 1.54. The largest absolute Gasteiger partial charge is 0.248 e. The topological polar surface area (TPSA) is 12.9 Å². The molecule has 5 aromatic rings. The fraction of sp³-hybridized carbons (Fsp3) is 0.129. The molecule has 0 radical (unpaired) electrons. The van der Waals surface area contributed by atoms with Crippen molar-refractivity contribution in [1.82, 2.24) is 4.98 Å². The maximum Gasteiger partial charge on any atom is 0.0715 e. The molecule has 0 saturated heterocycles. The number of fused-ring (bicyclic) bond motifs is 1. The highest BCUT2D eigenvalue weighted by atomic mass is 14.7. The van der Waals surface area contributed by atoms with Crippen LogP contribution in [0.3, 0.4) is 0 Å². The van der Waals surface area contributed by atoms with Gasteiger partial charge in [0.15, 0.2) is 0 Å². The van der Waals surface area contributed by atoms with Gasteiger partial charge in [0.2, 0.25) is 0 Å². The van der Waals surface area contributed by atoms with Crippen LogP contribution in [0.25, 0.3) is 44.4 Å². The molecular weight excluding hydrogens is 386 g/mol. The summed E-state index contributed by atoms with van der Waals surface area (Å²) in [6.45, 7) is 6.74. The van der Waals surface area contributed by atoms with Gasteiger partial charge in [-0.25, -0.2) is 4.98 Å². The highest BCUT2D eigenvalue weighted by Crippen LogP contribution is 2.32. The second-order valence-electron chi connectivity index (χ2n) is 9.34. The summed E-state index contributed by atoms with van der Waals surface area (Å²) in [6, 6.07) is 38.8. The van der Waals surface area contributed by atoms with Gasteiger partial charge in [-0.15, -0.1) is 0 Å². The van der Waals surface area contributed by atoms with Gasteiger partial charge in [-0.3, -0.25) is 0 Å². The predicted molar refractivity (Wildman–Crippen MR) is 137 cm³/mol. The molecule has 1 nitrogen and oxygen atoms in total. The molecule has 0 unspecified atom stereocenters. The van der Waals surface area contributed by atoms with Crippen LogP contribution in [0.2, 0.25) is 0 Å². The molecule has 4 aromatic carbocycles. The Morgan fingerprint density at radius 1 is 0.531 bits per heavy atom. The third-order valence-electron chi connectivity index (χ3n) is 6.06. The van der Waals surface area contributed by atoms with Gasteiger partial charge >= 0.3 is 0 Å². The average molecular weight is 414 g/mol. The molecule has 0 spiro atoms. The van der Waals surface area contributed by atoms with E-state index in [-0.39, 0.29) is 5.41 Å². The second-order valence-corrected chi connectivity index (χ2v) is 9.34. The summed E-state index contributed by atoms with van der Waals surface area (Å²) in [6.07, 6.45) is 0. The predicted octanol–water partition coefficient (Wildman–Crippen LogP) is 8.53. The lowest BCUT2D eigenvalue weighted by Gasteiger charge is -2.19. The summed E-state index contributed by atoms with van der Waals surface area (Å²) < 4.78 is 0. The lowest BCUT2D eigenvalue weighted by atomic mass is 9.86. The Kier molecular flexibility index (Phi) is 5.11. The summed E-state index contributed by atoms with van der Waals surface area (Å²) in [5.41, 5.74) is 9.52. The molecule has 32 heavy (non-hydrogen) atoms. The van der Waals surface area contributed by atoms with Crippen LogP contribution in [0.1, 0.15) is 26.3 Å². The molecule has 0 atom stereocenters. The van der Waals surface area contributed by atoms with Crippen molar-refractivity contribution < 1.29 is 0 Å². The Bertz CT molecular complexity index is 1370. The van der Waals surface area contributed by atoms with Crippen LogP contribution in [-0.2, 0) is 5.41 Å². The van der Waals surface area contributed by atoms with Crippen LogP contribution in [0, 0.1) is 0 Å². The number of benzene rings is 4. The minimum atomic E-state index is 0.155. The van der Waals surface area contributed by atoms with Gasteiger partial charge in [0.05, 0.1) is 11.2 Å². The Labute approximate surface area is 190 Å². The summed E-state index contributed by atoms with van der Waals surface area (Å²) in [5.74, 6) is 0. The highest BCUT2D eigenvalue weighted by Gasteiger charge is 2.14. The third-order valence-corrected chi connectivity index (χ3v) is 6.06. The lowest BCUT2D eigenvalue weighted by molar-refractivity contribution is 0.590. The van der Waals surface area contributed by atoms with E-state index in [1.165, 1.54) is 33.2 Å². The fourth-order valence-corrected chi connectivity index (χ4v) is 4.21. The van der Waals surface area contributed by atoms with Crippen molar-refractivity contribution in [2.75, 3.05) is 0 Å². The first-order valence-corrected chi connectivity index (χ1v) is 11.2. The van der Waals surface area contributed by atoms with E-state index in [2.05, 4.69) is 124 Å². The van der Waals surface area contributed by atoms with Crippen molar-refractivity contribution >= 4 is 10.9 Å². The fourth-order valence-electron chi connectivity index (χ4n) is 4.21. The van der Waals surface area contributed by atoms with Crippen LogP contribution < -0.4 is 0 Å². The normalized spacial score (nSPS) is 11.6. The molecule has 0 aliphatic rings. The van der Waals surface area contributed by atoms with Gasteiger partial charge in [-0.2, -0.15) is 0 Å². The van der Waals surface area contributed by atoms with Gasteiger partial charge in [0, 0.05) is 10.9 Å². The SMILES string of the molecule is CC(C)(C)c1ccc(-c2cccc3nc(-c4cccc(-c5ccccc5)c4)ccc23)cc1. The van der Waals surface area contributed by atoms with Crippen molar-refractivity contribution in [3.05, 3.63) is 115 Å². The molecule has 0 fully saturated rings. The van der Waals surface area contributed by atoms with Crippen LogP contribution in [0.4, 0.5) is 0 Å². The molecule has 156 valence electrons. The number of pyridine rings is 1. The number of nitrogens with zero attached hydrogens (tertiary/aromatic N) is 1. The number of hydrogen-bond acceptors (Lipinski definition) is 1. The summed E-state index contributed by atoms with van der Waals surface area (Å²) in [4.78, 5) is 5.02. The summed E-state index contributed by atoms with van der Waals surface area (Å²) >= 11 is 0. The maximum atomic E-state index is 5.02. The van der Waals surface area contributed by atoms with Gasteiger partial charge in [-0.1, -0.05) is 112 Å². The molecule has 0 aliphatic carbocycles. The number of hydrogen-bond donors (Lipinski definition) is 0. The molecule has 0 saturated carbocycles. The van der Waals surface area contributed by atoms with E-state index < -0.39 is 0 Å². The zero-order chi connectivity index (χ0) is 22.1. The third kappa shape index (κ3) is 3.94. The van der Waals surface area contributed by atoms with Crippen molar-refractivity contribution in [2.45, 2.75) is 26.2 Å². The van der Waals surface area contributed by atoms with E-state index in [1.54, 1.807) is 0 Å².